The zero-order chi connectivity index (χ0) is 37.3. The molecule has 270 valence electrons. The maximum atomic E-state index is 15.2. The molecule has 4 aromatic carbocycles. The maximum Gasteiger partial charge on any atom is 0.864 e. The van der Waals surface area contributed by atoms with E-state index in [2.05, 4.69) is 0 Å². The number of hydrogen-bond donors (Lipinski definition) is 0. The number of rotatable bonds is 13. The molecule has 0 amide bonds. The van der Waals surface area contributed by atoms with Crippen LogP contribution in [-0.4, -0.2) is 27.0 Å². The SMILES string of the molecule is CCC[N+](CCC)(CCC)c1cc(OB(Oc2ccc(F)c(F)c2F)Oc2ccc(F)c(F)c2F)c(F)c(F)c1F.Fc1[c-]ccc(F)c1F. The molecule has 0 fully saturated rings. The molecular weight excluding hydrogens is 697 g/mol. The lowest BCUT2D eigenvalue weighted by molar-refractivity contribution is 0.254. The quantitative estimate of drug-likeness (QED) is 0.0452. The minimum absolute atomic E-state index is 0.106. The second kappa shape index (κ2) is 17.4. The van der Waals surface area contributed by atoms with Gasteiger partial charge >= 0.3 is 7.32 Å². The molecule has 0 spiro atoms. The highest BCUT2D eigenvalue weighted by Gasteiger charge is 2.40. The van der Waals surface area contributed by atoms with Crippen LogP contribution in [0, 0.1) is 75.9 Å². The van der Waals surface area contributed by atoms with E-state index in [1.165, 1.54) is 0 Å². The van der Waals surface area contributed by atoms with Gasteiger partial charge in [-0.1, -0.05) is 20.8 Å². The Balaban J connectivity index is 0.000000650. The Hall–Kier alpha value is -4.54. The first-order chi connectivity index (χ1) is 23.6. The number of nitrogens with zero attached hydrogens (tertiary/aromatic N) is 1. The van der Waals surface area contributed by atoms with E-state index in [4.69, 9.17) is 14.0 Å². The second-order valence-electron chi connectivity index (χ2n) is 10.6. The van der Waals surface area contributed by atoms with Crippen LogP contribution >= 0.6 is 0 Å². The number of benzene rings is 4. The largest absolute Gasteiger partial charge is 0.864 e. The molecule has 0 bridgehead atoms. The lowest BCUT2D eigenvalue weighted by Gasteiger charge is -2.38. The Morgan fingerprint density at radius 2 is 0.920 bits per heavy atom. The summed E-state index contributed by atoms with van der Waals surface area (Å²) in [5.74, 6) is -23.4. The molecule has 4 nitrogen and oxygen atoms in total. The molecule has 0 saturated heterocycles. The fraction of sp³-hybridized carbons (Fsp3) is 0.273. The van der Waals surface area contributed by atoms with E-state index in [0.29, 0.717) is 63.2 Å². The second-order valence-corrected chi connectivity index (χ2v) is 10.6. The van der Waals surface area contributed by atoms with Crippen molar-refractivity contribution >= 4 is 13.0 Å². The molecular formula is C33H28BF12NO3. The lowest BCUT2D eigenvalue weighted by atomic mass is 10.1. The van der Waals surface area contributed by atoms with Crippen molar-refractivity contribution in [2.75, 3.05) is 19.6 Å². The van der Waals surface area contributed by atoms with E-state index in [1.807, 2.05) is 26.8 Å². The van der Waals surface area contributed by atoms with Crippen molar-refractivity contribution in [3.8, 4) is 17.2 Å². The summed E-state index contributed by atoms with van der Waals surface area (Å²) in [4.78, 5) is 0. The molecule has 0 aliphatic carbocycles. The zero-order valence-electron chi connectivity index (χ0n) is 26.6. The van der Waals surface area contributed by atoms with E-state index in [0.717, 1.165) is 18.2 Å². The molecule has 0 aliphatic heterocycles. The summed E-state index contributed by atoms with van der Waals surface area (Å²) >= 11 is 0. The van der Waals surface area contributed by atoms with Crippen molar-refractivity contribution in [2.45, 2.75) is 40.0 Å². The molecule has 0 aliphatic rings. The van der Waals surface area contributed by atoms with E-state index >= 15 is 4.39 Å². The van der Waals surface area contributed by atoms with Gasteiger partial charge in [-0.3, -0.25) is 8.87 Å². The first kappa shape index (κ1) is 39.9. The minimum atomic E-state index is -2.54. The predicted molar refractivity (Wildman–Crippen MR) is 159 cm³/mol. The summed E-state index contributed by atoms with van der Waals surface area (Å²) in [6, 6.07) is 6.53. The zero-order valence-corrected chi connectivity index (χ0v) is 26.6. The monoisotopic (exact) mass is 725 g/mol. The van der Waals surface area contributed by atoms with E-state index in [-0.39, 0.29) is 10.2 Å². The third kappa shape index (κ3) is 8.97. The molecule has 0 aromatic heterocycles. The lowest BCUT2D eigenvalue weighted by Crippen LogP contribution is -2.51. The van der Waals surface area contributed by atoms with Gasteiger partial charge in [0.1, 0.15) is 11.5 Å². The highest BCUT2D eigenvalue weighted by molar-refractivity contribution is 6.39. The van der Waals surface area contributed by atoms with Gasteiger partial charge < -0.3 is 14.0 Å². The van der Waals surface area contributed by atoms with Crippen molar-refractivity contribution in [3.05, 3.63) is 118 Å². The fourth-order valence-electron chi connectivity index (χ4n) is 4.99. The highest BCUT2D eigenvalue weighted by Crippen LogP contribution is 2.37. The van der Waals surface area contributed by atoms with Gasteiger partial charge in [-0.05, 0) is 43.5 Å². The molecule has 0 unspecified atom stereocenters. The summed E-state index contributed by atoms with van der Waals surface area (Å²) in [6.07, 6.45) is 1.61. The van der Waals surface area contributed by atoms with Gasteiger partial charge in [0.2, 0.25) is 29.1 Å². The first-order valence-electron chi connectivity index (χ1n) is 14.9. The van der Waals surface area contributed by atoms with Crippen LogP contribution in [0.4, 0.5) is 58.4 Å². The Labute approximate surface area is 279 Å². The predicted octanol–water partition coefficient (Wildman–Crippen LogP) is 9.90. The Morgan fingerprint density at radius 3 is 1.34 bits per heavy atom. The van der Waals surface area contributed by atoms with E-state index < -0.39 is 94.4 Å². The van der Waals surface area contributed by atoms with Gasteiger partial charge in [0.25, 0.3) is 0 Å². The van der Waals surface area contributed by atoms with Gasteiger partial charge in [0.05, 0.1) is 31.3 Å². The minimum Gasteiger partial charge on any atom is -0.487 e. The Bertz CT molecular complexity index is 1700. The smallest absolute Gasteiger partial charge is 0.487 e. The van der Waals surface area contributed by atoms with Gasteiger partial charge in [0, 0.05) is 11.9 Å². The summed E-state index contributed by atoms with van der Waals surface area (Å²) in [6.45, 7) is 6.45. The summed E-state index contributed by atoms with van der Waals surface area (Å²) in [7, 11) is -2.54. The topological polar surface area (TPSA) is 27.7 Å². The van der Waals surface area contributed by atoms with Crippen molar-refractivity contribution in [1.82, 2.24) is 4.48 Å². The average Bonchev–Trinajstić information content (AvgIpc) is 3.08. The van der Waals surface area contributed by atoms with Crippen LogP contribution in [0.3, 0.4) is 0 Å². The number of quaternary nitrogens is 1. The highest BCUT2D eigenvalue weighted by atomic mass is 19.2. The summed E-state index contributed by atoms with van der Waals surface area (Å²) in [5.41, 5.74) is -0.291. The van der Waals surface area contributed by atoms with E-state index in [1.54, 1.807) is 0 Å². The van der Waals surface area contributed by atoms with Gasteiger partial charge in [-0.2, -0.15) is 23.6 Å². The molecule has 0 atom stereocenters. The average molecular weight is 725 g/mol. The van der Waals surface area contributed by atoms with Crippen molar-refractivity contribution in [1.29, 1.82) is 0 Å². The molecule has 4 aromatic rings. The molecule has 0 saturated carbocycles. The molecule has 17 heteroatoms. The Morgan fingerprint density at radius 1 is 0.500 bits per heavy atom. The van der Waals surface area contributed by atoms with Gasteiger partial charge in [-0.15, -0.1) is 12.1 Å². The summed E-state index contributed by atoms with van der Waals surface area (Å²) < 4.78 is 179. The van der Waals surface area contributed by atoms with Crippen molar-refractivity contribution in [2.24, 2.45) is 0 Å². The Kier molecular flexibility index (Phi) is 13.9. The van der Waals surface area contributed by atoms with Gasteiger partial charge in [-0.25, -0.2) is 30.7 Å². The maximum absolute atomic E-state index is 15.2. The van der Waals surface area contributed by atoms with Crippen LogP contribution in [0.5, 0.6) is 17.2 Å². The van der Waals surface area contributed by atoms with Crippen LogP contribution in [0.2, 0.25) is 0 Å². The molecule has 4 rings (SSSR count). The first-order valence-corrected chi connectivity index (χ1v) is 14.9. The molecule has 0 radical (unpaired) electrons. The fourth-order valence-corrected chi connectivity index (χ4v) is 4.99. The summed E-state index contributed by atoms with van der Waals surface area (Å²) in [5, 5.41) is 0. The standard InChI is InChI=1S/C27H26BF9NO3.C6H2F3/c1-4-11-38(12-5-2,13-6-3)17-14-20(26(36)27(37)23(17)33)41-28(39-18-9-7-15(29)21(31)24(18)34)40-19-10-8-16(30)22(32)25(19)35;7-4-2-1-3-5(8)6(4)9/h7-10,14H,4-6,11-13H2,1-3H3;1-2H/q+1;-1. The van der Waals surface area contributed by atoms with Crippen LogP contribution in [0.15, 0.2) is 42.5 Å². The third-order valence-electron chi connectivity index (χ3n) is 7.07. The molecule has 0 heterocycles. The molecule has 0 N–H and O–H groups in total. The number of halogens is 12. The van der Waals surface area contributed by atoms with Crippen LogP contribution in [0.1, 0.15) is 40.0 Å². The van der Waals surface area contributed by atoms with Crippen molar-refractivity contribution in [3.63, 3.8) is 0 Å². The molecule has 50 heavy (non-hydrogen) atoms. The number of hydrogen-bond acceptors (Lipinski definition) is 3. The van der Waals surface area contributed by atoms with E-state index in [9.17, 15) is 48.3 Å². The van der Waals surface area contributed by atoms with Gasteiger partial charge in [0.15, 0.2) is 34.7 Å². The normalized spacial score (nSPS) is 11.2. The van der Waals surface area contributed by atoms with Crippen LogP contribution in [0.25, 0.3) is 0 Å². The van der Waals surface area contributed by atoms with Crippen LogP contribution in [-0.2, 0) is 0 Å². The third-order valence-corrected chi connectivity index (χ3v) is 7.07. The van der Waals surface area contributed by atoms with Crippen molar-refractivity contribution < 1.29 is 66.6 Å². The van der Waals surface area contributed by atoms with Crippen LogP contribution < -0.4 is 18.4 Å².